The quantitative estimate of drug-likeness (QED) is 0.861. The molecule has 2 N–H and O–H groups in total. The third-order valence-electron chi connectivity index (χ3n) is 3.11. The van der Waals surface area contributed by atoms with Crippen molar-refractivity contribution in [2.24, 2.45) is 0 Å². The lowest BCUT2D eigenvalue weighted by Crippen LogP contribution is -2.25. The van der Waals surface area contributed by atoms with E-state index in [1.54, 1.807) is 6.07 Å². The second-order valence-electron chi connectivity index (χ2n) is 5.04. The molecule has 0 atom stereocenters. The van der Waals surface area contributed by atoms with Gasteiger partial charge in [0.05, 0.1) is 0 Å². The summed E-state index contributed by atoms with van der Waals surface area (Å²) in [5, 5.41) is 0. The summed E-state index contributed by atoms with van der Waals surface area (Å²) in [4.78, 5) is 11.0. The molecule has 2 rings (SSSR count). The van der Waals surface area contributed by atoms with E-state index in [9.17, 15) is 0 Å². The van der Waals surface area contributed by atoms with Crippen LogP contribution in [0.15, 0.2) is 6.07 Å². The van der Waals surface area contributed by atoms with Gasteiger partial charge in [-0.3, -0.25) is 4.90 Å². The fourth-order valence-electron chi connectivity index (χ4n) is 2.08. The second kappa shape index (κ2) is 6.00. The number of ether oxygens (including phenoxy) is 1. The molecule has 0 saturated carbocycles. The first-order valence-corrected chi connectivity index (χ1v) is 6.65. The summed E-state index contributed by atoms with van der Waals surface area (Å²) in [6.07, 6.45) is 2.61. The van der Waals surface area contributed by atoms with Crippen LogP contribution in [0.5, 0.6) is 5.88 Å². The summed E-state index contributed by atoms with van der Waals surface area (Å²) < 4.78 is 5.67. The zero-order valence-corrected chi connectivity index (χ0v) is 11.2. The topological polar surface area (TPSA) is 64.3 Å². The molecular formula is C13H22N4O. The Morgan fingerprint density at radius 3 is 2.72 bits per heavy atom. The van der Waals surface area contributed by atoms with Gasteiger partial charge in [-0.2, -0.15) is 4.98 Å². The summed E-state index contributed by atoms with van der Waals surface area (Å²) >= 11 is 0. The van der Waals surface area contributed by atoms with Crippen LogP contribution in [0.4, 0.5) is 5.82 Å². The molecule has 1 saturated heterocycles. The minimum atomic E-state index is 0.259. The number of likely N-dealkylation sites (tertiary alicyclic amines) is 1. The molecule has 1 aromatic heterocycles. The maximum Gasteiger partial charge on any atom is 0.218 e. The maximum absolute atomic E-state index is 5.75. The van der Waals surface area contributed by atoms with Crippen molar-refractivity contribution in [1.29, 1.82) is 0 Å². The van der Waals surface area contributed by atoms with E-state index < -0.39 is 0 Å². The van der Waals surface area contributed by atoms with Crippen LogP contribution in [0.1, 0.15) is 38.4 Å². The highest BCUT2D eigenvalue weighted by molar-refractivity contribution is 5.33. The SMILES string of the molecule is CC(C)c1nc(N)cc(OCCN2CCCC2)n1. The van der Waals surface area contributed by atoms with Gasteiger partial charge in [0.25, 0.3) is 0 Å². The zero-order chi connectivity index (χ0) is 13.0. The molecule has 18 heavy (non-hydrogen) atoms. The molecule has 0 radical (unpaired) electrons. The van der Waals surface area contributed by atoms with Crippen molar-refractivity contribution < 1.29 is 4.74 Å². The summed E-state index contributed by atoms with van der Waals surface area (Å²) in [6.45, 7) is 8.08. The van der Waals surface area contributed by atoms with E-state index in [1.165, 1.54) is 25.9 Å². The molecule has 1 aromatic rings. The van der Waals surface area contributed by atoms with Crippen LogP contribution in [-0.2, 0) is 0 Å². The highest BCUT2D eigenvalue weighted by Gasteiger charge is 2.12. The number of hydrogen-bond donors (Lipinski definition) is 1. The lowest BCUT2D eigenvalue weighted by atomic mass is 10.2. The normalized spacial score (nSPS) is 16.4. The van der Waals surface area contributed by atoms with Gasteiger partial charge in [0.2, 0.25) is 5.88 Å². The number of nitrogen functional groups attached to an aromatic ring is 1. The van der Waals surface area contributed by atoms with E-state index in [2.05, 4.69) is 14.9 Å². The van der Waals surface area contributed by atoms with Crippen molar-refractivity contribution in [1.82, 2.24) is 14.9 Å². The van der Waals surface area contributed by atoms with E-state index in [0.29, 0.717) is 18.3 Å². The van der Waals surface area contributed by atoms with Crippen LogP contribution in [0.2, 0.25) is 0 Å². The average Bonchev–Trinajstić information content (AvgIpc) is 2.81. The van der Waals surface area contributed by atoms with Crippen LogP contribution in [0, 0.1) is 0 Å². The number of nitrogens with two attached hydrogens (primary N) is 1. The Labute approximate surface area is 108 Å². The lowest BCUT2D eigenvalue weighted by molar-refractivity contribution is 0.231. The third-order valence-corrected chi connectivity index (χ3v) is 3.11. The molecule has 0 spiro atoms. The lowest BCUT2D eigenvalue weighted by Gasteiger charge is -2.15. The minimum absolute atomic E-state index is 0.259. The van der Waals surface area contributed by atoms with Gasteiger partial charge >= 0.3 is 0 Å². The van der Waals surface area contributed by atoms with Gasteiger partial charge in [-0.15, -0.1) is 0 Å². The fourth-order valence-corrected chi connectivity index (χ4v) is 2.08. The Kier molecular flexibility index (Phi) is 4.36. The minimum Gasteiger partial charge on any atom is -0.476 e. The van der Waals surface area contributed by atoms with Crippen molar-refractivity contribution in [2.75, 3.05) is 32.0 Å². The Morgan fingerprint density at radius 1 is 1.33 bits per heavy atom. The van der Waals surface area contributed by atoms with Gasteiger partial charge in [0, 0.05) is 18.5 Å². The van der Waals surface area contributed by atoms with Crippen LogP contribution < -0.4 is 10.5 Å². The predicted molar refractivity (Wildman–Crippen MR) is 71.7 cm³/mol. The largest absolute Gasteiger partial charge is 0.476 e. The number of hydrogen-bond acceptors (Lipinski definition) is 5. The summed E-state index contributed by atoms with van der Waals surface area (Å²) in [7, 11) is 0. The van der Waals surface area contributed by atoms with Gasteiger partial charge in [0.15, 0.2) is 0 Å². The predicted octanol–water partition coefficient (Wildman–Crippen LogP) is 1.66. The Hall–Kier alpha value is -1.36. The molecule has 1 aliphatic rings. The van der Waals surface area contributed by atoms with Gasteiger partial charge in [-0.1, -0.05) is 13.8 Å². The first-order valence-electron chi connectivity index (χ1n) is 6.65. The van der Waals surface area contributed by atoms with E-state index in [-0.39, 0.29) is 5.92 Å². The summed E-state index contributed by atoms with van der Waals surface area (Å²) in [6, 6.07) is 1.69. The maximum atomic E-state index is 5.75. The van der Waals surface area contributed by atoms with E-state index in [0.717, 1.165) is 12.4 Å². The first-order chi connectivity index (χ1) is 8.65. The number of anilines is 1. The highest BCUT2D eigenvalue weighted by atomic mass is 16.5. The Bertz CT molecular complexity index is 389. The number of rotatable bonds is 5. The molecule has 1 fully saturated rings. The fraction of sp³-hybridized carbons (Fsp3) is 0.692. The Balaban J connectivity index is 1.88. The van der Waals surface area contributed by atoms with E-state index >= 15 is 0 Å². The molecule has 5 heteroatoms. The molecule has 0 aliphatic carbocycles. The monoisotopic (exact) mass is 250 g/mol. The number of aromatic nitrogens is 2. The van der Waals surface area contributed by atoms with Crippen LogP contribution in [0.25, 0.3) is 0 Å². The van der Waals surface area contributed by atoms with Gasteiger partial charge in [-0.25, -0.2) is 4.98 Å². The summed E-state index contributed by atoms with van der Waals surface area (Å²) in [5.41, 5.74) is 5.75. The molecule has 0 aromatic carbocycles. The molecule has 0 unspecified atom stereocenters. The highest BCUT2D eigenvalue weighted by Crippen LogP contribution is 2.16. The first kappa shape index (κ1) is 13.1. The molecule has 2 heterocycles. The van der Waals surface area contributed by atoms with E-state index in [4.69, 9.17) is 10.5 Å². The smallest absolute Gasteiger partial charge is 0.218 e. The molecule has 0 amide bonds. The van der Waals surface area contributed by atoms with Crippen molar-refractivity contribution >= 4 is 5.82 Å². The molecule has 5 nitrogen and oxygen atoms in total. The second-order valence-corrected chi connectivity index (χ2v) is 5.04. The molecule has 100 valence electrons. The zero-order valence-electron chi connectivity index (χ0n) is 11.2. The Morgan fingerprint density at radius 2 is 2.06 bits per heavy atom. The van der Waals surface area contributed by atoms with Gasteiger partial charge < -0.3 is 10.5 Å². The molecule has 0 bridgehead atoms. The third kappa shape index (κ3) is 3.57. The van der Waals surface area contributed by atoms with Crippen molar-refractivity contribution in [3.63, 3.8) is 0 Å². The van der Waals surface area contributed by atoms with Crippen LogP contribution >= 0.6 is 0 Å². The standard InChI is InChI=1S/C13H22N4O/c1-10(2)13-15-11(14)9-12(16-13)18-8-7-17-5-3-4-6-17/h9-10H,3-8H2,1-2H3,(H2,14,15,16). The average molecular weight is 250 g/mol. The molecule has 1 aliphatic heterocycles. The van der Waals surface area contributed by atoms with Gasteiger partial charge in [-0.05, 0) is 25.9 Å². The van der Waals surface area contributed by atoms with Crippen LogP contribution in [0.3, 0.4) is 0 Å². The van der Waals surface area contributed by atoms with Crippen molar-refractivity contribution in [2.45, 2.75) is 32.6 Å². The number of nitrogens with zero attached hydrogens (tertiary/aromatic N) is 3. The summed E-state index contributed by atoms with van der Waals surface area (Å²) in [5.74, 6) is 2.07. The van der Waals surface area contributed by atoms with Crippen LogP contribution in [-0.4, -0.2) is 41.1 Å². The van der Waals surface area contributed by atoms with E-state index in [1.807, 2.05) is 13.8 Å². The van der Waals surface area contributed by atoms with Crippen molar-refractivity contribution in [3.05, 3.63) is 11.9 Å². The van der Waals surface area contributed by atoms with Gasteiger partial charge in [0.1, 0.15) is 18.2 Å². The van der Waals surface area contributed by atoms with Crippen molar-refractivity contribution in [3.8, 4) is 5.88 Å². The molecular weight excluding hydrogens is 228 g/mol.